The molecule has 0 bridgehead atoms. The number of carbonyl (C=O) groups is 2. The first-order chi connectivity index (χ1) is 18.7. The molecule has 1 saturated carbocycles. The number of benzene rings is 3. The Bertz CT molecular complexity index is 1280. The summed E-state index contributed by atoms with van der Waals surface area (Å²) in [6, 6.07) is 22.8. The van der Waals surface area contributed by atoms with Crippen LogP contribution in [0.2, 0.25) is 0 Å². The number of amides is 2. The standard InChI is InChI=1S/C33H39N3O2/c37-32(34-26-18-21-35(22-19-26)23-24-9-2-1-3-10-24)29-16-17-30(28-14-6-5-13-27(28)29)33(38)36-20-8-12-25-11-4-7-15-31(25)36/h1-3,5-6,9-10,13-14,16-17,25-26,31H,4,7-8,11-12,15,18-23H2,(H,34,37)/t25-,31-/m0/s1. The fourth-order valence-electron chi connectivity index (χ4n) is 7.06. The van der Waals surface area contributed by atoms with E-state index in [9.17, 15) is 9.59 Å². The third-order valence-electron chi connectivity index (χ3n) is 9.07. The number of carbonyl (C=O) groups excluding carboxylic acids is 2. The molecule has 3 fully saturated rings. The first-order valence-electron chi connectivity index (χ1n) is 14.6. The summed E-state index contributed by atoms with van der Waals surface area (Å²) >= 11 is 0. The molecule has 3 aliphatic rings. The summed E-state index contributed by atoms with van der Waals surface area (Å²) in [6.45, 7) is 3.76. The van der Waals surface area contributed by atoms with E-state index in [2.05, 4.69) is 45.4 Å². The smallest absolute Gasteiger partial charge is 0.254 e. The predicted molar refractivity (Wildman–Crippen MR) is 152 cm³/mol. The van der Waals surface area contributed by atoms with Gasteiger partial charge >= 0.3 is 0 Å². The van der Waals surface area contributed by atoms with E-state index >= 15 is 0 Å². The highest BCUT2D eigenvalue weighted by molar-refractivity contribution is 6.14. The van der Waals surface area contributed by atoms with Crippen LogP contribution in [0.1, 0.15) is 77.6 Å². The lowest BCUT2D eigenvalue weighted by molar-refractivity contribution is 0.0392. The van der Waals surface area contributed by atoms with Gasteiger partial charge in [-0.3, -0.25) is 14.5 Å². The van der Waals surface area contributed by atoms with Crippen molar-refractivity contribution in [2.75, 3.05) is 19.6 Å². The number of fused-ring (bicyclic) bond motifs is 2. The highest BCUT2D eigenvalue weighted by atomic mass is 16.2. The van der Waals surface area contributed by atoms with Crippen molar-refractivity contribution in [2.45, 2.75) is 70.0 Å². The Morgan fingerprint density at radius 2 is 1.37 bits per heavy atom. The minimum absolute atomic E-state index is 0.0352. The molecule has 6 rings (SSSR count). The van der Waals surface area contributed by atoms with E-state index in [0.29, 0.717) is 17.5 Å². The summed E-state index contributed by atoms with van der Waals surface area (Å²) < 4.78 is 0. The molecule has 2 heterocycles. The Hall–Kier alpha value is -3.18. The van der Waals surface area contributed by atoms with Gasteiger partial charge in [0.2, 0.25) is 0 Å². The van der Waals surface area contributed by atoms with Crippen LogP contribution in [0.3, 0.4) is 0 Å². The third-order valence-corrected chi connectivity index (χ3v) is 9.07. The van der Waals surface area contributed by atoms with Crippen LogP contribution in [0.15, 0.2) is 66.7 Å². The van der Waals surface area contributed by atoms with E-state index in [1.165, 1.54) is 31.2 Å². The fraction of sp³-hybridized carbons (Fsp3) is 0.455. The molecule has 2 aliphatic heterocycles. The zero-order valence-electron chi connectivity index (χ0n) is 22.3. The number of nitrogens with one attached hydrogen (secondary N) is 1. The minimum atomic E-state index is -0.0352. The van der Waals surface area contributed by atoms with Crippen molar-refractivity contribution in [2.24, 2.45) is 5.92 Å². The number of nitrogens with zero attached hydrogens (tertiary/aromatic N) is 2. The first kappa shape index (κ1) is 25.1. The lowest BCUT2D eigenvalue weighted by atomic mass is 9.78. The van der Waals surface area contributed by atoms with Crippen molar-refractivity contribution >= 4 is 22.6 Å². The van der Waals surface area contributed by atoms with Gasteiger partial charge in [0.15, 0.2) is 0 Å². The summed E-state index contributed by atoms with van der Waals surface area (Å²) in [4.78, 5) is 31.9. The molecule has 2 atom stereocenters. The molecule has 0 radical (unpaired) electrons. The molecular weight excluding hydrogens is 470 g/mol. The Morgan fingerprint density at radius 3 is 2.16 bits per heavy atom. The normalized spacial score (nSPS) is 22.7. The van der Waals surface area contributed by atoms with Crippen LogP contribution in [0.4, 0.5) is 0 Å². The van der Waals surface area contributed by atoms with Gasteiger partial charge in [0.25, 0.3) is 11.8 Å². The van der Waals surface area contributed by atoms with Crippen LogP contribution in [0.25, 0.3) is 10.8 Å². The van der Waals surface area contributed by atoms with Crippen LogP contribution < -0.4 is 5.32 Å². The third kappa shape index (κ3) is 5.22. The molecule has 0 spiro atoms. The second kappa shape index (κ2) is 11.3. The molecule has 198 valence electrons. The van der Waals surface area contributed by atoms with Crippen molar-refractivity contribution in [1.29, 1.82) is 0 Å². The van der Waals surface area contributed by atoms with E-state index < -0.39 is 0 Å². The summed E-state index contributed by atoms with van der Waals surface area (Å²) in [6.07, 6.45) is 9.13. The summed E-state index contributed by atoms with van der Waals surface area (Å²) in [5.74, 6) is 0.749. The van der Waals surface area contributed by atoms with Gasteiger partial charge in [-0.25, -0.2) is 0 Å². The highest BCUT2D eigenvalue weighted by Gasteiger charge is 2.36. The van der Waals surface area contributed by atoms with E-state index in [-0.39, 0.29) is 17.9 Å². The van der Waals surface area contributed by atoms with Gasteiger partial charge in [0.05, 0.1) is 0 Å². The number of likely N-dealkylation sites (tertiary alicyclic amines) is 2. The van der Waals surface area contributed by atoms with Crippen LogP contribution in [-0.2, 0) is 6.54 Å². The van der Waals surface area contributed by atoms with Gasteiger partial charge in [-0.15, -0.1) is 0 Å². The van der Waals surface area contributed by atoms with Crippen molar-refractivity contribution in [3.05, 3.63) is 83.4 Å². The molecule has 1 N–H and O–H groups in total. The van der Waals surface area contributed by atoms with Crippen molar-refractivity contribution in [3.63, 3.8) is 0 Å². The molecule has 0 aromatic heterocycles. The topological polar surface area (TPSA) is 52.7 Å². The van der Waals surface area contributed by atoms with Crippen LogP contribution in [0, 0.1) is 5.92 Å². The maximum Gasteiger partial charge on any atom is 0.254 e. The molecule has 5 heteroatoms. The molecule has 5 nitrogen and oxygen atoms in total. The Morgan fingerprint density at radius 1 is 0.711 bits per heavy atom. The zero-order valence-corrected chi connectivity index (χ0v) is 22.3. The maximum absolute atomic E-state index is 13.8. The van der Waals surface area contributed by atoms with Crippen molar-refractivity contribution in [1.82, 2.24) is 15.1 Å². The molecular formula is C33H39N3O2. The van der Waals surface area contributed by atoms with E-state index in [1.54, 1.807) is 0 Å². The number of hydrogen-bond donors (Lipinski definition) is 1. The molecule has 2 amide bonds. The largest absolute Gasteiger partial charge is 0.349 e. The van der Waals surface area contributed by atoms with Gasteiger partial charge in [0, 0.05) is 49.4 Å². The molecule has 1 aliphatic carbocycles. The average molecular weight is 510 g/mol. The van der Waals surface area contributed by atoms with Crippen molar-refractivity contribution in [3.8, 4) is 0 Å². The van der Waals surface area contributed by atoms with Crippen LogP contribution in [0.5, 0.6) is 0 Å². The Kier molecular flexibility index (Phi) is 7.46. The van der Waals surface area contributed by atoms with Gasteiger partial charge in [-0.2, -0.15) is 0 Å². The highest BCUT2D eigenvalue weighted by Crippen LogP contribution is 2.37. The van der Waals surface area contributed by atoms with Crippen molar-refractivity contribution < 1.29 is 9.59 Å². The molecule has 0 unspecified atom stereocenters. The maximum atomic E-state index is 13.8. The minimum Gasteiger partial charge on any atom is -0.349 e. The van der Waals surface area contributed by atoms with Gasteiger partial charge in [-0.1, -0.05) is 67.4 Å². The van der Waals surface area contributed by atoms with E-state index in [0.717, 1.165) is 68.2 Å². The summed E-state index contributed by atoms with van der Waals surface area (Å²) in [5.41, 5.74) is 2.73. The monoisotopic (exact) mass is 509 g/mol. The van der Waals surface area contributed by atoms with Crippen LogP contribution in [-0.4, -0.2) is 53.3 Å². The molecule has 3 aromatic rings. The van der Waals surface area contributed by atoms with E-state index in [1.807, 2.05) is 36.4 Å². The lowest BCUT2D eigenvalue weighted by Crippen LogP contribution is -2.49. The lowest BCUT2D eigenvalue weighted by Gasteiger charge is -2.44. The second-order valence-electron chi connectivity index (χ2n) is 11.5. The van der Waals surface area contributed by atoms with E-state index in [4.69, 9.17) is 0 Å². The van der Waals surface area contributed by atoms with Gasteiger partial charge in [0.1, 0.15) is 0 Å². The Balaban J connectivity index is 1.15. The average Bonchev–Trinajstić information content (AvgIpc) is 2.97. The molecule has 3 aromatic carbocycles. The summed E-state index contributed by atoms with van der Waals surface area (Å²) in [7, 11) is 0. The second-order valence-corrected chi connectivity index (χ2v) is 11.5. The SMILES string of the molecule is O=C(NC1CCN(Cc2ccccc2)CC1)c1ccc(C(=O)N2CCC[C@@H]3CCCC[C@@H]32)c2ccccc12. The molecule has 2 saturated heterocycles. The summed E-state index contributed by atoms with van der Waals surface area (Å²) in [5, 5.41) is 5.06. The number of rotatable bonds is 5. The quantitative estimate of drug-likeness (QED) is 0.457. The van der Waals surface area contributed by atoms with Gasteiger partial charge < -0.3 is 10.2 Å². The number of hydrogen-bond acceptors (Lipinski definition) is 3. The molecule has 38 heavy (non-hydrogen) atoms. The number of piperidine rings is 2. The van der Waals surface area contributed by atoms with Gasteiger partial charge in [-0.05, 0) is 72.9 Å². The van der Waals surface area contributed by atoms with Crippen LogP contribution >= 0.6 is 0 Å². The zero-order chi connectivity index (χ0) is 25.9. The fourth-order valence-corrected chi connectivity index (χ4v) is 7.06. The predicted octanol–water partition coefficient (Wildman–Crippen LogP) is 6.03. The Labute approximate surface area is 226 Å². The first-order valence-corrected chi connectivity index (χ1v) is 14.6.